The highest BCUT2D eigenvalue weighted by molar-refractivity contribution is 7.91. The molecular weight excluding hydrogens is 394 g/mol. The van der Waals surface area contributed by atoms with Crippen molar-refractivity contribution in [1.82, 2.24) is 0 Å². The van der Waals surface area contributed by atoms with E-state index < -0.39 is 34.1 Å². The van der Waals surface area contributed by atoms with Crippen molar-refractivity contribution in [2.75, 3.05) is 17.7 Å². The van der Waals surface area contributed by atoms with Crippen LogP contribution in [0, 0.1) is 13.8 Å². The third-order valence-electron chi connectivity index (χ3n) is 4.33. The molecule has 0 saturated heterocycles. The number of Topliss-reactive ketones (excluding diaryl/α,β-unsaturated/α-hetero) is 1. The molecule has 2 rings (SSSR count). The van der Waals surface area contributed by atoms with Crippen LogP contribution in [0.15, 0.2) is 47.4 Å². The lowest BCUT2D eigenvalue weighted by molar-refractivity contribution is -0.146. The maximum Gasteiger partial charge on any atom is 0.307 e. The molecule has 0 unspecified atom stereocenters. The first-order valence-corrected chi connectivity index (χ1v) is 10.6. The van der Waals surface area contributed by atoms with Gasteiger partial charge in [0.25, 0.3) is 5.91 Å². The third kappa shape index (κ3) is 6.53. The average molecular weight is 417 g/mol. The van der Waals surface area contributed by atoms with Gasteiger partial charge < -0.3 is 10.1 Å². The van der Waals surface area contributed by atoms with Crippen LogP contribution in [-0.2, 0) is 24.2 Å². The summed E-state index contributed by atoms with van der Waals surface area (Å²) in [6, 6.07) is 11.1. The van der Waals surface area contributed by atoms with E-state index in [1.807, 2.05) is 13.8 Å². The van der Waals surface area contributed by atoms with E-state index in [1.54, 1.807) is 30.3 Å². The van der Waals surface area contributed by atoms with Gasteiger partial charge in [0.2, 0.25) is 0 Å². The van der Waals surface area contributed by atoms with Gasteiger partial charge in [-0.25, -0.2) is 8.42 Å². The summed E-state index contributed by atoms with van der Waals surface area (Å²) in [5.74, 6) is -1.92. The van der Waals surface area contributed by atoms with Crippen LogP contribution in [0.5, 0.6) is 0 Å². The van der Waals surface area contributed by atoms with Gasteiger partial charge >= 0.3 is 5.97 Å². The largest absolute Gasteiger partial charge is 0.456 e. The molecule has 0 fully saturated rings. The van der Waals surface area contributed by atoms with Crippen LogP contribution in [0.3, 0.4) is 0 Å². The number of benzene rings is 2. The van der Waals surface area contributed by atoms with Crippen molar-refractivity contribution >= 4 is 33.2 Å². The molecule has 0 radical (unpaired) electrons. The van der Waals surface area contributed by atoms with E-state index in [0.717, 1.165) is 11.1 Å². The number of aryl methyl sites for hydroxylation is 2. The highest BCUT2D eigenvalue weighted by Gasteiger charge is 2.18. The van der Waals surface area contributed by atoms with Gasteiger partial charge in [-0.3, -0.25) is 14.4 Å². The molecule has 0 spiro atoms. The summed E-state index contributed by atoms with van der Waals surface area (Å²) < 4.78 is 29.5. The monoisotopic (exact) mass is 417 g/mol. The minimum Gasteiger partial charge on any atom is -0.456 e. The number of anilines is 1. The molecular formula is C21H23NO6S. The summed E-state index contributed by atoms with van der Waals surface area (Å²) in [4.78, 5) is 35.2. The number of rotatable bonds is 8. The Morgan fingerprint density at radius 2 is 1.72 bits per heavy atom. The lowest BCUT2D eigenvalue weighted by Crippen LogP contribution is -2.22. The van der Waals surface area contributed by atoms with Crippen LogP contribution in [-0.4, -0.2) is 38.4 Å². The Balaban J connectivity index is 1.84. The van der Waals surface area contributed by atoms with Crippen molar-refractivity contribution in [3.63, 3.8) is 0 Å². The molecule has 29 heavy (non-hydrogen) atoms. The quantitative estimate of drug-likeness (QED) is 0.523. The summed E-state index contributed by atoms with van der Waals surface area (Å²) in [5.41, 5.74) is 2.66. The van der Waals surface area contributed by atoms with Gasteiger partial charge in [-0.1, -0.05) is 18.2 Å². The van der Waals surface area contributed by atoms with Gasteiger partial charge in [0.05, 0.1) is 17.1 Å². The van der Waals surface area contributed by atoms with Crippen molar-refractivity contribution in [2.45, 2.75) is 32.1 Å². The van der Waals surface area contributed by atoms with Crippen LogP contribution < -0.4 is 5.32 Å². The molecule has 0 aliphatic rings. The fourth-order valence-electron chi connectivity index (χ4n) is 2.47. The highest BCUT2D eigenvalue weighted by atomic mass is 32.2. The summed E-state index contributed by atoms with van der Waals surface area (Å²) in [5, 5.41) is 2.52. The number of sulfone groups is 1. The van der Waals surface area contributed by atoms with E-state index in [2.05, 4.69) is 5.32 Å². The van der Waals surface area contributed by atoms with Crippen molar-refractivity contribution in [3.8, 4) is 0 Å². The standard InChI is InChI=1S/C21H23NO6S/c1-14-7-8-19(11-15(14)2)29(26,27)10-9-21(25)28-13-20(24)22-18-6-4-5-17(12-18)16(3)23/h4-8,11-12H,9-10,13H2,1-3H3,(H,22,24). The van der Waals surface area contributed by atoms with Gasteiger partial charge in [0, 0.05) is 11.3 Å². The number of ketones is 1. The number of carbonyl (C=O) groups is 3. The zero-order valence-electron chi connectivity index (χ0n) is 16.5. The number of esters is 1. The molecule has 7 nitrogen and oxygen atoms in total. The second kappa shape index (κ2) is 9.47. The Bertz CT molecular complexity index is 1040. The average Bonchev–Trinajstić information content (AvgIpc) is 2.67. The Morgan fingerprint density at radius 3 is 2.38 bits per heavy atom. The van der Waals surface area contributed by atoms with E-state index in [-0.39, 0.29) is 17.1 Å². The van der Waals surface area contributed by atoms with E-state index in [1.165, 1.54) is 19.1 Å². The van der Waals surface area contributed by atoms with Gasteiger partial charge in [-0.15, -0.1) is 0 Å². The molecule has 1 amide bonds. The maximum atomic E-state index is 12.4. The molecule has 0 aliphatic heterocycles. The minimum absolute atomic E-state index is 0.141. The number of nitrogens with one attached hydrogen (secondary N) is 1. The van der Waals surface area contributed by atoms with E-state index in [0.29, 0.717) is 11.3 Å². The SMILES string of the molecule is CC(=O)c1cccc(NC(=O)COC(=O)CCS(=O)(=O)c2ccc(C)c(C)c2)c1. The summed E-state index contributed by atoms with van der Waals surface area (Å²) in [6.45, 7) is 4.55. The number of hydrogen-bond donors (Lipinski definition) is 1. The molecule has 0 aliphatic carbocycles. The molecule has 0 heterocycles. The Morgan fingerprint density at radius 1 is 1.00 bits per heavy atom. The topological polar surface area (TPSA) is 107 Å². The van der Waals surface area contributed by atoms with E-state index in [9.17, 15) is 22.8 Å². The number of carbonyl (C=O) groups excluding carboxylic acids is 3. The first-order chi connectivity index (χ1) is 13.6. The lowest BCUT2D eigenvalue weighted by atomic mass is 10.1. The molecule has 2 aromatic rings. The van der Waals surface area contributed by atoms with Crippen LogP contribution >= 0.6 is 0 Å². The first-order valence-electron chi connectivity index (χ1n) is 8.95. The second-order valence-electron chi connectivity index (χ2n) is 6.66. The Kier molecular flexibility index (Phi) is 7.28. The van der Waals surface area contributed by atoms with E-state index in [4.69, 9.17) is 4.74 Å². The summed E-state index contributed by atoms with van der Waals surface area (Å²) in [6.07, 6.45) is -0.359. The van der Waals surface area contributed by atoms with Crippen LogP contribution in [0.2, 0.25) is 0 Å². The molecule has 8 heteroatoms. The molecule has 2 aromatic carbocycles. The van der Waals surface area contributed by atoms with Gasteiger partial charge in [0.15, 0.2) is 22.2 Å². The zero-order valence-corrected chi connectivity index (χ0v) is 17.3. The van der Waals surface area contributed by atoms with Gasteiger partial charge in [-0.2, -0.15) is 0 Å². The minimum atomic E-state index is -3.63. The highest BCUT2D eigenvalue weighted by Crippen LogP contribution is 2.17. The van der Waals surface area contributed by atoms with Gasteiger partial charge in [0.1, 0.15) is 0 Å². The fourth-order valence-corrected chi connectivity index (χ4v) is 3.78. The zero-order chi connectivity index (χ0) is 21.6. The predicted molar refractivity (Wildman–Crippen MR) is 109 cm³/mol. The molecule has 154 valence electrons. The molecule has 0 aromatic heterocycles. The maximum absolute atomic E-state index is 12.4. The van der Waals surface area contributed by atoms with Crippen LogP contribution in [0.25, 0.3) is 0 Å². The first kappa shape index (κ1) is 22.3. The number of amides is 1. The smallest absolute Gasteiger partial charge is 0.307 e. The third-order valence-corrected chi connectivity index (χ3v) is 6.04. The van der Waals surface area contributed by atoms with Crippen LogP contribution in [0.1, 0.15) is 34.8 Å². The predicted octanol–water partition coefficient (Wildman–Crippen LogP) is 2.85. The Labute approximate surface area is 170 Å². The van der Waals surface area contributed by atoms with Crippen molar-refractivity contribution in [1.29, 1.82) is 0 Å². The summed E-state index contributed by atoms with van der Waals surface area (Å²) in [7, 11) is -3.63. The summed E-state index contributed by atoms with van der Waals surface area (Å²) >= 11 is 0. The molecule has 0 saturated carbocycles. The van der Waals surface area contributed by atoms with Crippen molar-refractivity contribution in [2.24, 2.45) is 0 Å². The normalized spacial score (nSPS) is 11.0. The van der Waals surface area contributed by atoms with E-state index >= 15 is 0 Å². The molecule has 1 N–H and O–H groups in total. The van der Waals surface area contributed by atoms with Crippen molar-refractivity contribution < 1.29 is 27.5 Å². The second-order valence-corrected chi connectivity index (χ2v) is 8.77. The number of hydrogen-bond acceptors (Lipinski definition) is 6. The number of ether oxygens (including phenoxy) is 1. The lowest BCUT2D eigenvalue weighted by Gasteiger charge is -2.09. The van der Waals surface area contributed by atoms with Crippen molar-refractivity contribution in [3.05, 3.63) is 59.2 Å². The molecule has 0 bridgehead atoms. The molecule has 0 atom stereocenters. The fraction of sp³-hybridized carbons (Fsp3) is 0.286. The Hall–Kier alpha value is -3.00. The van der Waals surface area contributed by atoms with Gasteiger partial charge in [-0.05, 0) is 56.2 Å². The van der Waals surface area contributed by atoms with Crippen LogP contribution in [0.4, 0.5) is 5.69 Å².